The molecule has 1 heterocycles. The molecule has 2 aromatic rings. The molecule has 19 heavy (non-hydrogen) atoms. The number of hydrogen-bond acceptors (Lipinski definition) is 4. The van der Waals surface area contributed by atoms with Gasteiger partial charge in [-0.1, -0.05) is 30.3 Å². The van der Waals surface area contributed by atoms with Crippen molar-refractivity contribution in [3.05, 3.63) is 57.6 Å². The van der Waals surface area contributed by atoms with Crippen LogP contribution >= 0.6 is 0 Å². The fourth-order valence-electron chi connectivity index (χ4n) is 1.82. The molecule has 0 aliphatic carbocycles. The fraction of sp³-hybridized carbons (Fsp3) is 0.214. The van der Waals surface area contributed by atoms with Gasteiger partial charge in [-0.25, -0.2) is 4.98 Å². The number of nitriles is 1. The first-order valence-electron chi connectivity index (χ1n) is 5.94. The summed E-state index contributed by atoms with van der Waals surface area (Å²) < 4.78 is 0. The number of hydrogen-bond donors (Lipinski definition) is 2. The van der Waals surface area contributed by atoms with Gasteiger partial charge < -0.3 is 10.3 Å². The molecule has 0 bridgehead atoms. The summed E-state index contributed by atoms with van der Waals surface area (Å²) >= 11 is 0. The van der Waals surface area contributed by atoms with E-state index in [0.717, 1.165) is 5.56 Å². The molecule has 0 fully saturated rings. The maximum atomic E-state index is 11.7. The summed E-state index contributed by atoms with van der Waals surface area (Å²) in [6.07, 6.45) is 0. The highest BCUT2D eigenvalue weighted by atomic mass is 16.1. The van der Waals surface area contributed by atoms with Crippen LogP contribution in [0.3, 0.4) is 0 Å². The van der Waals surface area contributed by atoms with Gasteiger partial charge in [0.1, 0.15) is 11.9 Å². The highest BCUT2D eigenvalue weighted by Crippen LogP contribution is 2.18. The van der Waals surface area contributed by atoms with Gasteiger partial charge in [0.05, 0.1) is 0 Å². The Hall–Kier alpha value is -2.61. The van der Waals surface area contributed by atoms with E-state index in [0.29, 0.717) is 11.6 Å². The van der Waals surface area contributed by atoms with Crippen molar-refractivity contribution in [2.75, 3.05) is 5.32 Å². The molecule has 96 valence electrons. The minimum Gasteiger partial charge on any atom is -0.362 e. The van der Waals surface area contributed by atoms with Gasteiger partial charge in [-0.2, -0.15) is 5.26 Å². The number of aromatic amines is 1. The Morgan fingerprint density at radius 3 is 2.68 bits per heavy atom. The van der Waals surface area contributed by atoms with Crippen LogP contribution in [0.2, 0.25) is 0 Å². The van der Waals surface area contributed by atoms with Crippen molar-refractivity contribution in [2.24, 2.45) is 0 Å². The Balaban J connectivity index is 2.34. The maximum absolute atomic E-state index is 11.7. The molecular weight excluding hydrogens is 240 g/mol. The van der Waals surface area contributed by atoms with E-state index in [2.05, 4.69) is 15.3 Å². The molecule has 1 aromatic heterocycles. The molecule has 0 saturated carbocycles. The standard InChI is InChI=1S/C14H14N4O/c1-9(11-6-4-3-5-7-11)16-13-12(8-15)14(19)18-10(2)17-13/h3-7,9H,1-2H3,(H2,16,17,18,19). The van der Waals surface area contributed by atoms with Gasteiger partial charge in [-0.05, 0) is 19.4 Å². The van der Waals surface area contributed by atoms with Crippen LogP contribution in [-0.4, -0.2) is 9.97 Å². The van der Waals surface area contributed by atoms with Gasteiger partial charge in [0.2, 0.25) is 0 Å². The lowest BCUT2D eigenvalue weighted by Gasteiger charge is -2.15. The summed E-state index contributed by atoms with van der Waals surface area (Å²) in [5.41, 5.74) is 0.650. The smallest absolute Gasteiger partial charge is 0.271 e. The molecule has 0 saturated heterocycles. The van der Waals surface area contributed by atoms with Crippen LogP contribution in [0.5, 0.6) is 0 Å². The minimum atomic E-state index is -0.419. The second-order valence-corrected chi connectivity index (χ2v) is 4.26. The SMILES string of the molecule is Cc1nc(NC(C)c2ccccc2)c(C#N)c(=O)[nH]1. The van der Waals surface area contributed by atoms with E-state index in [9.17, 15) is 4.79 Å². The Morgan fingerprint density at radius 2 is 2.05 bits per heavy atom. The van der Waals surface area contributed by atoms with E-state index in [1.807, 2.05) is 43.3 Å². The number of H-pyrrole nitrogens is 1. The number of aromatic nitrogens is 2. The van der Waals surface area contributed by atoms with Crippen molar-refractivity contribution >= 4 is 5.82 Å². The fourth-order valence-corrected chi connectivity index (χ4v) is 1.82. The number of nitrogens with zero attached hydrogens (tertiary/aromatic N) is 2. The first kappa shape index (κ1) is 12.8. The van der Waals surface area contributed by atoms with Crippen molar-refractivity contribution < 1.29 is 0 Å². The van der Waals surface area contributed by atoms with Crippen LogP contribution in [0.1, 0.15) is 29.9 Å². The van der Waals surface area contributed by atoms with E-state index < -0.39 is 5.56 Å². The number of benzene rings is 1. The Bertz CT molecular complexity index is 670. The molecule has 0 radical (unpaired) electrons. The quantitative estimate of drug-likeness (QED) is 0.879. The third-order valence-electron chi connectivity index (χ3n) is 2.80. The van der Waals surface area contributed by atoms with Crippen LogP contribution in [0, 0.1) is 18.3 Å². The van der Waals surface area contributed by atoms with E-state index >= 15 is 0 Å². The Morgan fingerprint density at radius 1 is 1.37 bits per heavy atom. The largest absolute Gasteiger partial charge is 0.362 e. The lowest BCUT2D eigenvalue weighted by atomic mass is 10.1. The first-order valence-corrected chi connectivity index (χ1v) is 5.94. The molecule has 1 atom stereocenters. The van der Waals surface area contributed by atoms with Crippen LogP contribution < -0.4 is 10.9 Å². The van der Waals surface area contributed by atoms with Crippen molar-refractivity contribution in [3.8, 4) is 6.07 Å². The molecule has 2 rings (SSSR count). The summed E-state index contributed by atoms with van der Waals surface area (Å²) in [5, 5.41) is 12.1. The van der Waals surface area contributed by atoms with Crippen molar-refractivity contribution in [2.45, 2.75) is 19.9 Å². The second-order valence-electron chi connectivity index (χ2n) is 4.26. The van der Waals surface area contributed by atoms with Gasteiger partial charge in [-0.3, -0.25) is 4.79 Å². The van der Waals surface area contributed by atoms with Crippen LogP contribution in [0.25, 0.3) is 0 Å². The summed E-state index contributed by atoms with van der Waals surface area (Å²) in [4.78, 5) is 18.3. The normalized spacial score (nSPS) is 11.6. The zero-order valence-electron chi connectivity index (χ0n) is 10.8. The lowest BCUT2D eigenvalue weighted by Crippen LogP contribution is -2.19. The highest BCUT2D eigenvalue weighted by molar-refractivity contribution is 5.51. The predicted octanol–water partition coefficient (Wildman–Crippen LogP) is 2.12. The van der Waals surface area contributed by atoms with Crippen LogP contribution in [0.4, 0.5) is 5.82 Å². The average Bonchev–Trinajstić information content (AvgIpc) is 2.39. The molecular formula is C14H14N4O. The lowest BCUT2D eigenvalue weighted by molar-refractivity contribution is 0.862. The van der Waals surface area contributed by atoms with Gasteiger partial charge in [-0.15, -0.1) is 0 Å². The first-order chi connectivity index (χ1) is 9.11. The van der Waals surface area contributed by atoms with Crippen molar-refractivity contribution in [3.63, 3.8) is 0 Å². The van der Waals surface area contributed by atoms with Crippen LogP contribution in [-0.2, 0) is 0 Å². The van der Waals surface area contributed by atoms with Crippen molar-refractivity contribution in [1.82, 2.24) is 9.97 Å². The van der Waals surface area contributed by atoms with Gasteiger partial charge in [0, 0.05) is 6.04 Å². The maximum Gasteiger partial charge on any atom is 0.271 e. The number of rotatable bonds is 3. The summed E-state index contributed by atoms with van der Waals surface area (Å²) in [7, 11) is 0. The number of nitrogens with one attached hydrogen (secondary N) is 2. The summed E-state index contributed by atoms with van der Waals surface area (Å²) in [6, 6.07) is 11.6. The summed E-state index contributed by atoms with van der Waals surface area (Å²) in [5.74, 6) is 0.798. The van der Waals surface area contributed by atoms with Gasteiger partial charge in [0.25, 0.3) is 5.56 Å². The Kier molecular flexibility index (Phi) is 3.62. The third-order valence-corrected chi connectivity index (χ3v) is 2.80. The molecule has 1 unspecified atom stereocenters. The molecule has 2 N–H and O–H groups in total. The molecule has 0 spiro atoms. The van der Waals surface area contributed by atoms with Crippen molar-refractivity contribution in [1.29, 1.82) is 5.26 Å². The predicted molar refractivity (Wildman–Crippen MR) is 72.8 cm³/mol. The zero-order valence-corrected chi connectivity index (χ0v) is 10.8. The molecule has 0 amide bonds. The topological polar surface area (TPSA) is 81.6 Å². The number of anilines is 1. The minimum absolute atomic E-state index is 0.00776. The average molecular weight is 254 g/mol. The van der Waals surface area contributed by atoms with E-state index in [-0.39, 0.29) is 11.6 Å². The third kappa shape index (κ3) is 2.80. The molecule has 5 nitrogen and oxygen atoms in total. The zero-order chi connectivity index (χ0) is 13.8. The van der Waals surface area contributed by atoms with Crippen LogP contribution in [0.15, 0.2) is 35.1 Å². The molecule has 5 heteroatoms. The molecule has 0 aliphatic heterocycles. The highest BCUT2D eigenvalue weighted by Gasteiger charge is 2.13. The molecule has 0 aliphatic rings. The van der Waals surface area contributed by atoms with E-state index in [1.54, 1.807) is 6.92 Å². The van der Waals surface area contributed by atoms with Gasteiger partial charge >= 0.3 is 0 Å². The van der Waals surface area contributed by atoms with E-state index in [1.165, 1.54) is 0 Å². The molecule has 1 aromatic carbocycles. The monoisotopic (exact) mass is 254 g/mol. The second kappa shape index (κ2) is 5.36. The number of aryl methyl sites for hydroxylation is 1. The summed E-state index contributed by atoms with van der Waals surface area (Å²) in [6.45, 7) is 3.63. The van der Waals surface area contributed by atoms with E-state index in [4.69, 9.17) is 5.26 Å². The van der Waals surface area contributed by atoms with Gasteiger partial charge in [0.15, 0.2) is 11.4 Å². The Labute approximate surface area is 110 Å².